The summed E-state index contributed by atoms with van der Waals surface area (Å²) in [5.41, 5.74) is 0.904. The number of hydrogen-bond donors (Lipinski definition) is 2. The lowest BCUT2D eigenvalue weighted by molar-refractivity contribution is -0.145. The molecular formula is C47H77N3O14. The zero-order valence-electron chi connectivity index (χ0n) is 38.5. The van der Waals surface area contributed by atoms with Gasteiger partial charge < -0.3 is 47.9 Å². The molecular weight excluding hydrogens is 831 g/mol. The number of carbonyl (C=O) groups excluding carboxylic acids is 5. The topological polar surface area (TPSA) is 196 Å². The van der Waals surface area contributed by atoms with Crippen LogP contribution >= 0.6 is 0 Å². The monoisotopic (exact) mass is 908 g/mol. The minimum atomic E-state index is -1.01. The van der Waals surface area contributed by atoms with Crippen molar-refractivity contribution in [1.82, 2.24) is 10.2 Å². The normalized spacial score (nSPS) is 15.0. The maximum absolute atomic E-state index is 13.2. The van der Waals surface area contributed by atoms with Crippen molar-refractivity contribution in [3.8, 4) is 0 Å². The van der Waals surface area contributed by atoms with Crippen LogP contribution in [-0.2, 0) is 57.0 Å². The molecule has 2 aliphatic rings. The Hall–Kier alpha value is -3.55. The lowest BCUT2D eigenvalue weighted by Crippen LogP contribution is -2.54. The fourth-order valence-electron chi connectivity index (χ4n) is 7.14. The maximum Gasteiger partial charge on any atom is 0.305 e. The Morgan fingerprint density at radius 3 is 1.48 bits per heavy atom. The molecule has 1 aromatic rings. The van der Waals surface area contributed by atoms with Gasteiger partial charge in [-0.1, -0.05) is 90.0 Å². The largest absolute Gasteiger partial charge is 0.463 e. The van der Waals surface area contributed by atoms with Crippen LogP contribution in [0.3, 0.4) is 0 Å². The highest BCUT2D eigenvalue weighted by Crippen LogP contribution is 2.32. The summed E-state index contributed by atoms with van der Waals surface area (Å²) in [6, 6.07) is 3.90. The highest BCUT2D eigenvalue weighted by atomic mass is 16.6. The number of nitrogens with zero attached hydrogens (tertiary/aromatic N) is 1. The van der Waals surface area contributed by atoms with Gasteiger partial charge in [0.2, 0.25) is 11.8 Å². The minimum absolute atomic E-state index is 0.0643. The van der Waals surface area contributed by atoms with E-state index in [-0.39, 0.29) is 36.5 Å². The molecule has 3 rings (SSSR count). The van der Waals surface area contributed by atoms with E-state index >= 15 is 0 Å². The number of nitrogens with one attached hydrogen (secondary N) is 2. The van der Waals surface area contributed by atoms with Gasteiger partial charge in [0, 0.05) is 25.1 Å². The Labute approximate surface area is 380 Å². The molecule has 0 aliphatic carbocycles. The second kappa shape index (κ2) is 36.6. The van der Waals surface area contributed by atoms with E-state index < -0.39 is 29.7 Å². The fraction of sp³-hybridized carbons (Fsp3) is 0.766. The third-order valence-corrected chi connectivity index (χ3v) is 10.6. The lowest BCUT2D eigenvalue weighted by atomic mass is 10.0. The number of anilines is 1. The van der Waals surface area contributed by atoms with Gasteiger partial charge >= 0.3 is 5.97 Å². The molecule has 0 aromatic heterocycles. The first-order valence-corrected chi connectivity index (χ1v) is 23.8. The molecule has 1 fully saturated rings. The van der Waals surface area contributed by atoms with Crippen molar-refractivity contribution in [2.45, 2.75) is 116 Å². The first-order valence-electron chi connectivity index (χ1n) is 23.8. The van der Waals surface area contributed by atoms with Crippen LogP contribution in [-0.4, -0.2) is 159 Å². The number of hydrogen-bond acceptors (Lipinski definition) is 15. The molecule has 2 N–H and O–H groups in total. The van der Waals surface area contributed by atoms with Crippen LogP contribution in [0.2, 0.25) is 0 Å². The Morgan fingerprint density at radius 1 is 0.578 bits per heavy atom. The van der Waals surface area contributed by atoms with E-state index in [0.29, 0.717) is 124 Å². The molecule has 1 saturated heterocycles. The minimum Gasteiger partial charge on any atom is -0.463 e. The summed E-state index contributed by atoms with van der Waals surface area (Å²) in [5.74, 6) is -2.32. The SMILES string of the molecule is CCCCCCCCCCCCCCCC(=O)OCCOCCOCCOCCOCCOCCOCCOCCOCCNc1cccc2c1C(=O)N(C1CCC(=O)NC1=O)C2=O. The molecule has 0 spiro atoms. The number of amides is 4. The van der Waals surface area contributed by atoms with Gasteiger partial charge in [-0.3, -0.25) is 34.2 Å². The number of piperidine rings is 1. The summed E-state index contributed by atoms with van der Waals surface area (Å²) in [5, 5.41) is 5.34. The average Bonchev–Trinajstić information content (AvgIpc) is 3.54. The quantitative estimate of drug-likeness (QED) is 0.0463. The predicted octanol–water partition coefficient (Wildman–Crippen LogP) is 5.66. The van der Waals surface area contributed by atoms with Crippen LogP contribution in [0, 0.1) is 0 Å². The molecule has 364 valence electrons. The Balaban J connectivity index is 0.970. The molecule has 0 saturated carbocycles. The molecule has 4 amide bonds. The number of unbranched alkanes of at least 4 members (excludes halogenated alkanes) is 12. The van der Waals surface area contributed by atoms with Crippen LogP contribution in [0.5, 0.6) is 0 Å². The Morgan fingerprint density at radius 2 is 1.02 bits per heavy atom. The van der Waals surface area contributed by atoms with Gasteiger partial charge in [-0.15, -0.1) is 0 Å². The van der Waals surface area contributed by atoms with Gasteiger partial charge in [-0.25, -0.2) is 0 Å². The molecule has 1 atom stereocenters. The number of carbonyl (C=O) groups is 5. The van der Waals surface area contributed by atoms with Crippen molar-refractivity contribution in [3.05, 3.63) is 29.3 Å². The molecule has 0 bridgehead atoms. The summed E-state index contributed by atoms with van der Waals surface area (Å²) < 4.78 is 49.4. The van der Waals surface area contributed by atoms with Crippen molar-refractivity contribution in [2.24, 2.45) is 0 Å². The second-order valence-corrected chi connectivity index (χ2v) is 15.7. The lowest BCUT2D eigenvalue weighted by Gasteiger charge is -2.27. The molecule has 2 heterocycles. The van der Waals surface area contributed by atoms with Crippen molar-refractivity contribution in [1.29, 1.82) is 0 Å². The van der Waals surface area contributed by atoms with Gasteiger partial charge in [-0.2, -0.15) is 0 Å². The van der Waals surface area contributed by atoms with E-state index in [1.807, 2.05) is 0 Å². The third kappa shape index (κ3) is 24.1. The molecule has 1 unspecified atom stereocenters. The summed E-state index contributed by atoms with van der Waals surface area (Å²) in [4.78, 5) is 62.9. The predicted molar refractivity (Wildman–Crippen MR) is 239 cm³/mol. The first-order chi connectivity index (χ1) is 31.4. The smallest absolute Gasteiger partial charge is 0.305 e. The summed E-state index contributed by atoms with van der Waals surface area (Å²) in [6.45, 7) is 9.74. The van der Waals surface area contributed by atoms with E-state index in [4.69, 9.17) is 42.6 Å². The van der Waals surface area contributed by atoms with E-state index in [9.17, 15) is 24.0 Å². The number of benzene rings is 1. The summed E-state index contributed by atoms with van der Waals surface area (Å²) >= 11 is 0. The molecule has 2 aliphatic heterocycles. The Kier molecular flexibility index (Phi) is 31.4. The van der Waals surface area contributed by atoms with Crippen molar-refractivity contribution >= 4 is 35.3 Å². The van der Waals surface area contributed by atoms with Gasteiger partial charge in [0.25, 0.3) is 11.8 Å². The van der Waals surface area contributed by atoms with Crippen LogP contribution < -0.4 is 10.6 Å². The molecule has 17 heteroatoms. The highest BCUT2D eigenvalue weighted by Gasteiger charge is 2.45. The van der Waals surface area contributed by atoms with Crippen LogP contribution in [0.25, 0.3) is 0 Å². The number of ether oxygens (including phenoxy) is 9. The standard InChI is InChI=1S/C47H77N3O14/c1-2-3-4-5-6-7-8-9-10-11-12-13-14-18-43(52)64-38-37-63-36-35-62-34-33-61-32-31-60-30-29-59-28-27-58-26-25-57-24-23-56-22-21-48-40-17-15-16-39-44(40)47(55)50(46(39)54)41-19-20-42(51)49-45(41)53/h15-17,41,48H,2-14,18-38H2,1H3,(H,49,51,53). The fourth-order valence-corrected chi connectivity index (χ4v) is 7.14. The zero-order valence-corrected chi connectivity index (χ0v) is 38.5. The van der Waals surface area contributed by atoms with E-state index in [0.717, 1.165) is 17.7 Å². The number of rotatable bonds is 43. The van der Waals surface area contributed by atoms with Crippen molar-refractivity contribution < 1.29 is 66.6 Å². The number of imide groups is 2. The van der Waals surface area contributed by atoms with Crippen LogP contribution in [0.4, 0.5) is 5.69 Å². The van der Waals surface area contributed by atoms with Crippen molar-refractivity contribution in [3.63, 3.8) is 0 Å². The van der Waals surface area contributed by atoms with Gasteiger partial charge in [0.05, 0.1) is 117 Å². The van der Waals surface area contributed by atoms with E-state index in [1.54, 1.807) is 18.2 Å². The molecule has 1 aromatic carbocycles. The Bertz CT molecular complexity index is 1450. The van der Waals surface area contributed by atoms with Crippen LogP contribution in [0.15, 0.2) is 18.2 Å². The van der Waals surface area contributed by atoms with Gasteiger partial charge in [0.1, 0.15) is 12.6 Å². The summed E-state index contributed by atoms with van der Waals surface area (Å²) in [6.07, 6.45) is 17.3. The molecule has 17 nitrogen and oxygen atoms in total. The third-order valence-electron chi connectivity index (χ3n) is 10.6. The first kappa shape index (κ1) is 54.8. The van der Waals surface area contributed by atoms with Crippen LogP contribution in [0.1, 0.15) is 130 Å². The maximum atomic E-state index is 13.2. The summed E-state index contributed by atoms with van der Waals surface area (Å²) in [7, 11) is 0. The van der Waals surface area contributed by atoms with Gasteiger partial charge in [-0.05, 0) is 25.0 Å². The zero-order chi connectivity index (χ0) is 45.7. The molecule has 0 radical (unpaired) electrons. The van der Waals surface area contributed by atoms with E-state index in [2.05, 4.69) is 17.6 Å². The van der Waals surface area contributed by atoms with Crippen molar-refractivity contribution in [2.75, 3.05) is 124 Å². The number of esters is 1. The van der Waals surface area contributed by atoms with E-state index in [1.165, 1.54) is 70.6 Å². The number of fused-ring (bicyclic) bond motifs is 1. The van der Waals surface area contributed by atoms with Gasteiger partial charge in [0.15, 0.2) is 0 Å². The molecule has 64 heavy (non-hydrogen) atoms. The average molecular weight is 908 g/mol. The second-order valence-electron chi connectivity index (χ2n) is 15.7. The highest BCUT2D eigenvalue weighted by molar-refractivity contribution is 6.25.